The van der Waals surface area contributed by atoms with Gasteiger partial charge in [-0.1, -0.05) is 48.5 Å². The fourth-order valence-corrected chi connectivity index (χ4v) is 3.34. The van der Waals surface area contributed by atoms with Crippen LogP contribution in [0.4, 0.5) is 23.5 Å². The van der Waals surface area contributed by atoms with E-state index in [1.165, 1.54) is 0 Å². The van der Waals surface area contributed by atoms with Gasteiger partial charge in [-0.3, -0.25) is 0 Å². The van der Waals surface area contributed by atoms with Gasteiger partial charge in [-0.25, -0.2) is 5.43 Å². The van der Waals surface area contributed by atoms with E-state index in [0.717, 1.165) is 29.5 Å². The molecular formula is C24H25N7O. The third kappa shape index (κ3) is 4.75. The van der Waals surface area contributed by atoms with Crippen molar-refractivity contribution in [3.63, 3.8) is 0 Å². The quantitative estimate of drug-likeness (QED) is 0.275. The van der Waals surface area contributed by atoms with Crippen molar-refractivity contribution in [2.24, 2.45) is 5.10 Å². The zero-order chi connectivity index (χ0) is 22.3. The van der Waals surface area contributed by atoms with Gasteiger partial charge in [0.05, 0.1) is 6.21 Å². The first-order valence-corrected chi connectivity index (χ1v) is 10.5. The minimum Gasteiger partial charge on any atom is -0.507 e. The number of anilines is 4. The molecule has 0 saturated heterocycles. The van der Waals surface area contributed by atoms with Gasteiger partial charge in [0.25, 0.3) is 0 Å². The highest BCUT2D eigenvalue weighted by Gasteiger charge is 2.11. The second kappa shape index (κ2) is 9.74. The number of phenols is 1. The number of nitrogens with zero attached hydrogens (tertiary/aromatic N) is 5. The molecule has 1 heterocycles. The minimum atomic E-state index is 0.153. The van der Waals surface area contributed by atoms with E-state index in [2.05, 4.69) is 30.8 Å². The monoisotopic (exact) mass is 427 g/mol. The van der Waals surface area contributed by atoms with Gasteiger partial charge in [0.15, 0.2) is 0 Å². The predicted octanol–water partition coefficient (Wildman–Crippen LogP) is 4.77. The summed E-state index contributed by atoms with van der Waals surface area (Å²) in [6, 6.07) is 21.1. The molecule has 162 valence electrons. The summed E-state index contributed by atoms with van der Waals surface area (Å²) < 4.78 is 0. The molecule has 0 spiro atoms. The average molecular weight is 428 g/mol. The molecule has 0 radical (unpaired) electrons. The molecule has 0 saturated carbocycles. The molecule has 8 heteroatoms. The van der Waals surface area contributed by atoms with E-state index in [9.17, 15) is 5.11 Å². The maximum Gasteiger partial charge on any atom is 0.250 e. The Morgan fingerprint density at radius 2 is 1.59 bits per heavy atom. The van der Waals surface area contributed by atoms with Crippen LogP contribution >= 0.6 is 0 Å². The summed E-state index contributed by atoms with van der Waals surface area (Å²) in [7, 11) is 0. The maximum atomic E-state index is 10.3. The summed E-state index contributed by atoms with van der Waals surface area (Å²) in [4.78, 5) is 15.5. The number of phenolic OH excluding ortho intramolecular Hbond substituents is 1. The smallest absolute Gasteiger partial charge is 0.250 e. The number of hydrazone groups is 1. The van der Waals surface area contributed by atoms with Crippen molar-refractivity contribution in [1.29, 1.82) is 0 Å². The molecule has 8 nitrogen and oxygen atoms in total. The third-order valence-electron chi connectivity index (χ3n) is 5.01. The number of hydrogen-bond acceptors (Lipinski definition) is 8. The Labute approximate surface area is 186 Å². The molecule has 0 amide bonds. The van der Waals surface area contributed by atoms with Crippen molar-refractivity contribution in [3.8, 4) is 5.75 Å². The van der Waals surface area contributed by atoms with E-state index >= 15 is 0 Å². The van der Waals surface area contributed by atoms with Crippen molar-refractivity contribution >= 4 is 40.5 Å². The van der Waals surface area contributed by atoms with Gasteiger partial charge in [0, 0.05) is 24.3 Å². The zero-order valence-electron chi connectivity index (χ0n) is 18.0. The Balaban J connectivity index is 1.63. The van der Waals surface area contributed by atoms with Crippen molar-refractivity contribution in [2.75, 3.05) is 28.7 Å². The highest BCUT2D eigenvalue weighted by Crippen LogP contribution is 2.25. The molecule has 0 bridgehead atoms. The number of fused-ring (bicyclic) bond motifs is 1. The fourth-order valence-electron chi connectivity index (χ4n) is 3.34. The summed E-state index contributed by atoms with van der Waals surface area (Å²) in [6.45, 7) is 5.62. The van der Waals surface area contributed by atoms with Gasteiger partial charge >= 0.3 is 0 Å². The van der Waals surface area contributed by atoms with E-state index in [-0.39, 0.29) is 5.75 Å². The molecule has 0 atom stereocenters. The Kier molecular flexibility index (Phi) is 6.41. The molecular weight excluding hydrogens is 402 g/mol. The molecule has 0 unspecified atom stereocenters. The fraction of sp³-hybridized carbons (Fsp3) is 0.167. The molecule has 4 aromatic rings. The molecule has 3 aromatic carbocycles. The predicted molar refractivity (Wildman–Crippen MR) is 130 cm³/mol. The second-order valence-electron chi connectivity index (χ2n) is 7.04. The first kappa shape index (κ1) is 21.0. The number of aromatic nitrogens is 3. The van der Waals surface area contributed by atoms with Crippen LogP contribution in [0.15, 0.2) is 71.8 Å². The normalized spacial score (nSPS) is 11.1. The van der Waals surface area contributed by atoms with E-state index in [1.807, 2.05) is 79.4 Å². The van der Waals surface area contributed by atoms with Crippen LogP contribution in [-0.2, 0) is 0 Å². The summed E-state index contributed by atoms with van der Waals surface area (Å²) in [5, 5.41) is 19.7. The first-order chi connectivity index (χ1) is 15.7. The van der Waals surface area contributed by atoms with Crippen LogP contribution in [-0.4, -0.2) is 39.4 Å². The maximum absolute atomic E-state index is 10.3. The topological polar surface area (TPSA) is 98.6 Å². The average Bonchev–Trinajstić information content (AvgIpc) is 2.82. The van der Waals surface area contributed by atoms with Crippen LogP contribution in [0.2, 0.25) is 0 Å². The van der Waals surface area contributed by atoms with Crippen LogP contribution < -0.4 is 15.6 Å². The Hall–Kier alpha value is -4.20. The van der Waals surface area contributed by atoms with Crippen molar-refractivity contribution in [3.05, 3.63) is 72.3 Å². The molecule has 32 heavy (non-hydrogen) atoms. The standard InChI is InChI=1S/C24H25N7O/c1-3-31(4-2)24-28-22(26-18-11-6-5-7-12-18)27-23(29-24)30-25-16-20-19-13-9-8-10-17(19)14-15-21(20)32/h5-16,32H,3-4H2,1-2H3,(H2,26,27,28,29,30)/b25-16+. The summed E-state index contributed by atoms with van der Waals surface area (Å²) in [5.41, 5.74) is 4.38. The van der Waals surface area contributed by atoms with Crippen LogP contribution in [0.1, 0.15) is 19.4 Å². The number of hydrogen-bond donors (Lipinski definition) is 3. The zero-order valence-corrected chi connectivity index (χ0v) is 18.0. The van der Waals surface area contributed by atoms with Crippen molar-refractivity contribution in [1.82, 2.24) is 15.0 Å². The lowest BCUT2D eigenvalue weighted by Gasteiger charge is -2.19. The van der Waals surface area contributed by atoms with Crippen LogP contribution in [0.5, 0.6) is 5.75 Å². The Morgan fingerprint density at radius 3 is 2.38 bits per heavy atom. The molecule has 0 aliphatic heterocycles. The SMILES string of the molecule is CCN(CC)c1nc(N/N=C/c2c(O)ccc3ccccc23)nc(Nc2ccccc2)n1. The van der Waals surface area contributed by atoms with Gasteiger partial charge in [-0.05, 0) is 42.8 Å². The lowest BCUT2D eigenvalue weighted by molar-refractivity contribution is 0.475. The molecule has 0 aliphatic carbocycles. The van der Waals surface area contributed by atoms with E-state index in [4.69, 9.17) is 0 Å². The molecule has 0 fully saturated rings. The van der Waals surface area contributed by atoms with Crippen LogP contribution in [0.25, 0.3) is 10.8 Å². The van der Waals surface area contributed by atoms with Crippen molar-refractivity contribution in [2.45, 2.75) is 13.8 Å². The molecule has 0 aliphatic rings. The van der Waals surface area contributed by atoms with E-state index in [1.54, 1.807) is 12.3 Å². The third-order valence-corrected chi connectivity index (χ3v) is 5.01. The highest BCUT2D eigenvalue weighted by molar-refractivity contribution is 6.02. The number of rotatable bonds is 8. The van der Waals surface area contributed by atoms with Gasteiger partial charge in [-0.15, -0.1) is 0 Å². The number of para-hydroxylation sites is 1. The molecule has 1 aromatic heterocycles. The van der Waals surface area contributed by atoms with Gasteiger partial charge in [-0.2, -0.15) is 20.1 Å². The summed E-state index contributed by atoms with van der Waals surface area (Å²) in [6.07, 6.45) is 1.57. The first-order valence-electron chi connectivity index (χ1n) is 10.5. The molecule has 4 rings (SSSR count). The lowest BCUT2D eigenvalue weighted by atomic mass is 10.0. The number of nitrogens with one attached hydrogen (secondary N) is 2. The minimum absolute atomic E-state index is 0.153. The van der Waals surface area contributed by atoms with Crippen LogP contribution in [0.3, 0.4) is 0 Å². The van der Waals surface area contributed by atoms with Crippen LogP contribution in [0, 0.1) is 0 Å². The largest absolute Gasteiger partial charge is 0.507 e. The second-order valence-corrected chi connectivity index (χ2v) is 7.04. The van der Waals surface area contributed by atoms with Gasteiger partial charge < -0.3 is 15.3 Å². The highest BCUT2D eigenvalue weighted by atomic mass is 16.3. The van der Waals surface area contributed by atoms with E-state index in [0.29, 0.717) is 23.4 Å². The lowest BCUT2D eigenvalue weighted by Crippen LogP contribution is -2.25. The van der Waals surface area contributed by atoms with E-state index < -0.39 is 0 Å². The summed E-state index contributed by atoms with van der Waals surface area (Å²) >= 11 is 0. The van der Waals surface area contributed by atoms with Gasteiger partial charge in [0.1, 0.15) is 5.75 Å². The summed E-state index contributed by atoms with van der Waals surface area (Å²) in [5.74, 6) is 1.42. The number of benzene rings is 3. The van der Waals surface area contributed by atoms with Crippen molar-refractivity contribution < 1.29 is 5.11 Å². The Morgan fingerprint density at radius 1 is 0.875 bits per heavy atom. The molecule has 3 N–H and O–H groups in total. The van der Waals surface area contributed by atoms with Gasteiger partial charge in [0.2, 0.25) is 17.8 Å². The number of aromatic hydroxyl groups is 1. The Bertz CT molecular complexity index is 1220.